The molecule has 0 aliphatic heterocycles. The van der Waals surface area contributed by atoms with E-state index in [0.29, 0.717) is 17.0 Å². The third-order valence-corrected chi connectivity index (χ3v) is 2.31. The summed E-state index contributed by atoms with van der Waals surface area (Å²) in [4.78, 5) is 12.4. The fourth-order valence-corrected chi connectivity index (χ4v) is 1.37. The van der Waals surface area contributed by atoms with Crippen molar-refractivity contribution in [2.75, 3.05) is 6.54 Å². The van der Waals surface area contributed by atoms with Crippen LogP contribution in [0.4, 0.5) is 0 Å². The molecule has 0 radical (unpaired) electrons. The van der Waals surface area contributed by atoms with Crippen molar-refractivity contribution >= 4 is 18.5 Å². The summed E-state index contributed by atoms with van der Waals surface area (Å²) in [6.07, 6.45) is 1.97. The number of benzene rings is 1. The Bertz CT molecular complexity index is 381. The average molecular weight is 221 g/mol. The van der Waals surface area contributed by atoms with Crippen molar-refractivity contribution in [1.82, 2.24) is 5.32 Å². The van der Waals surface area contributed by atoms with Crippen molar-refractivity contribution in [3.8, 4) is 0 Å². The second-order valence-electron chi connectivity index (χ2n) is 3.51. The molecule has 0 saturated heterocycles. The Balaban J connectivity index is 2.62. The third-order valence-electron chi connectivity index (χ3n) is 1.92. The van der Waals surface area contributed by atoms with Crippen molar-refractivity contribution in [2.45, 2.75) is 18.7 Å². The van der Waals surface area contributed by atoms with E-state index in [1.807, 2.05) is 32.1 Å². The highest BCUT2D eigenvalue weighted by Crippen LogP contribution is 2.12. The summed E-state index contributed by atoms with van der Waals surface area (Å²) < 4.78 is 0. The fraction of sp³-hybridized carbons (Fsp3) is 0.250. The molecule has 0 aromatic heterocycles. The first-order valence-electron chi connectivity index (χ1n) is 4.81. The highest BCUT2D eigenvalue weighted by Gasteiger charge is 2.06. The van der Waals surface area contributed by atoms with E-state index in [1.54, 1.807) is 12.1 Å². The normalized spacial score (nSPS) is 9.53. The lowest BCUT2D eigenvalue weighted by atomic mass is 10.2. The van der Waals surface area contributed by atoms with Crippen molar-refractivity contribution < 1.29 is 4.79 Å². The Kier molecular flexibility index (Phi) is 4.43. The fourth-order valence-electron chi connectivity index (χ4n) is 1.11. The van der Waals surface area contributed by atoms with Crippen LogP contribution < -0.4 is 5.32 Å². The van der Waals surface area contributed by atoms with Crippen molar-refractivity contribution in [3.05, 3.63) is 41.5 Å². The van der Waals surface area contributed by atoms with Crippen molar-refractivity contribution in [3.63, 3.8) is 0 Å². The maximum absolute atomic E-state index is 11.7. The maximum Gasteiger partial charge on any atom is 0.252 e. The van der Waals surface area contributed by atoms with E-state index in [-0.39, 0.29) is 5.91 Å². The third kappa shape index (κ3) is 3.80. The largest absolute Gasteiger partial charge is 0.349 e. The number of hydrogen-bond donors (Lipinski definition) is 2. The van der Waals surface area contributed by atoms with Gasteiger partial charge in [0, 0.05) is 11.4 Å². The highest BCUT2D eigenvalue weighted by atomic mass is 32.1. The van der Waals surface area contributed by atoms with Crippen LogP contribution in [-0.2, 0) is 0 Å². The molecule has 1 N–H and O–H groups in total. The Morgan fingerprint density at radius 2 is 2.07 bits per heavy atom. The molecule has 0 atom stereocenters. The first kappa shape index (κ1) is 11.9. The standard InChI is InChI=1S/C12H15NOS/c1-9(2)7-8-13-12(14)10-5-3-4-6-11(10)15/h3-7,15H,8H2,1-2H3,(H,13,14). The molecule has 0 spiro atoms. The topological polar surface area (TPSA) is 29.1 Å². The van der Waals surface area contributed by atoms with Gasteiger partial charge in [0.15, 0.2) is 0 Å². The summed E-state index contributed by atoms with van der Waals surface area (Å²) in [5.74, 6) is -0.0851. The van der Waals surface area contributed by atoms with Gasteiger partial charge in [-0.2, -0.15) is 0 Å². The summed E-state index contributed by atoms with van der Waals surface area (Å²) in [5, 5.41) is 2.81. The van der Waals surface area contributed by atoms with Crippen molar-refractivity contribution in [2.24, 2.45) is 0 Å². The molecular formula is C12H15NOS. The summed E-state index contributed by atoms with van der Waals surface area (Å²) >= 11 is 4.22. The van der Waals surface area contributed by atoms with Gasteiger partial charge < -0.3 is 5.32 Å². The van der Waals surface area contributed by atoms with Gasteiger partial charge in [0.25, 0.3) is 5.91 Å². The summed E-state index contributed by atoms with van der Waals surface area (Å²) in [6, 6.07) is 7.25. The van der Waals surface area contributed by atoms with E-state index >= 15 is 0 Å². The lowest BCUT2D eigenvalue weighted by Gasteiger charge is -2.04. The number of amides is 1. The van der Waals surface area contributed by atoms with E-state index in [9.17, 15) is 4.79 Å². The molecule has 1 amide bonds. The smallest absolute Gasteiger partial charge is 0.252 e. The van der Waals surface area contributed by atoms with Crippen LogP contribution in [0.2, 0.25) is 0 Å². The van der Waals surface area contributed by atoms with Gasteiger partial charge in [0.05, 0.1) is 5.56 Å². The van der Waals surface area contributed by atoms with Crippen LogP contribution in [0.1, 0.15) is 24.2 Å². The lowest BCUT2D eigenvalue weighted by molar-refractivity contribution is 0.0955. The monoisotopic (exact) mass is 221 g/mol. The minimum absolute atomic E-state index is 0.0851. The first-order valence-corrected chi connectivity index (χ1v) is 5.25. The molecule has 15 heavy (non-hydrogen) atoms. The lowest BCUT2D eigenvalue weighted by Crippen LogP contribution is -2.23. The zero-order valence-electron chi connectivity index (χ0n) is 8.95. The maximum atomic E-state index is 11.7. The van der Waals surface area contributed by atoms with Crippen LogP contribution in [-0.4, -0.2) is 12.5 Å². The van der Waals surface area contributed by atoms with E-state index in [0.717, 1.165) is 0 Å². The van der Waals surface area contributed by atoms with E-state index in [1.165, 1.54) is 5.57 Å². The Morgan fingerprint density at radius 1 is 1.40 bits per heavy atom. The van der Waals surface area contributed by atoms with Gasteiger partial charge in [-0.1, -0.05) is 23.8 Å². The SMILES string of the molecule is CC(C)=CCNC(=O)c1ccccc1S. The molecule has 1 rings (SSSR count). The van der Waals surface area contributed by atoms with E-state index in [4.69, 9.17) is 0 Å². The Morgan fingerprint density at radius 3 is 2.67 bits per heavy atom. The number of nitrogens with one attached hydrogen (secondary N) is 1. The van der Waals surface area contributed by atoms with Gasteiger partial charge in [-0.3, -0.25) is 4.79 Å². The second-order valence-corrected chi connectivity index (χ2v) is 3.99. The molecule has 0 aliphatic carbocycles. The molecule has 0 heterocycles. The minimum atomic E-state index is -0.0851. The van der Waals surface area contributed by atoms with Crippen molar-refractivity contribution in [1.29, 1.82) is 0 Å². The van der Waals surface area contributed by atoms with Gasteiger partial charge in [0.2, 0.25) is 0 Å². The summed E-state index contributed by atoms with van der Waals surface area (Å²) in [7, 11) is 0. The molecule has 3 heteroatoms. The molecule has 0 aliphatic rings. The van der Waals surface area contributed by atoms with E-state index < -0.39 is 0 Å². The van der Waals surface area contributed by atoms with Gasteiger partial charge in [-0.25, -0.2) is 0 Å². The number of rotatable bonds is 3. The van der Waals surface area contributed by atoms with Crippen LogP contribution in [0.15, 0.2) is 40.8 Å². The quantitative estimate of drug-likeness (QED) is 0.596. The van der Waals surface area contributed by atoms with Crippen LogP contribution in [0.5, 0.6) is 0 Å². The molecule has 0 unspecified atom stereocenters. The Labute approximate surface area is 95.8 Å². The molecular weight excluding hydrogens is 206 g/mol. The second kappa shape index (κ2) is 5.61. The first-order chi connectivity index (χ1) is 7.11. The predicted octanol–water partition coefficient (Wildman–Crippen LogP) is 2.67. The van der Waals surface area contributed by atoms with E-state index in [2.05, 4.69) is 17.9 Å². The average Bonchev–Trinajstić information content (AvgIpc) is 2.17. The molecule has 0 saturated carbocycles. The van der Waals surface area contributed by atoms with Crippen LogP contribution in [0.3, 0.4) is 0 Å². The number of thiol groups is 1. The number of carbonyl (C=O) groups excluding carboxylic acids is 1. The zero-order chi connectivity index (χ0) is 11.3. The van der Waals surface area contributed by atoms with Gasteiger partial charge in [-0.15, -0.1) is 12.6 Å². The Hall–Kier alpha value is -1.22. The number of carbonyl (C=O) groups is 1. The molecule has 0 bridgehead atoms. The molecule has 1 aromatic carbocycles. The summed E-state index contributed by atoms with van der Waals surface area (Å²) in [6.45, 7) is 4.56. The van der Waals surface area contributed by atoms with Gasteiger partial charge in [0.1, 0.15) is 0 Å². The zero-order valence-corrected chi connectivity index (χ0v) is 9.84. The molecule has 1 aromatic rings. The van der Waals surface area contributed by atoms with Gasteiger partial charge >= 0.3 is 0 Å². The molecule has 0 fully saturated rings. The number of hydrogen-bond acceptors (Lipinski definition) is 2. The summed E-state index contributed by atoms with van der Waals surface area (Å²) in [5.41, 5.74) is 1.80. The highest BCUT2D eigenvalue weighted by molar-refractivity contribution is 7.80. The number of allylic oxidation sites excluding steroid dienone is 1. The minimum Gasteiger partial charge on any atom is -0.349 e. The van der Waals surface area contributed by atoms with Gasteiger partial charge in [-0.05, 0) is 26.0 Å². The molecule has 80 valence electrons. The molecule has 2 nitrogen and oxygen atoms in total. The predicted molar refractivity (Wildman–Crippen MR) is 65.5 cm³/mol. The van der Waals surface area contributed by atoms with Crippen LogP contribution in [0, 0.1) is 0 Å². The van der Waals surface area contributed by atoms with Crippen LogP contribution >= 0.6 is 12.6 Å². The van der Waals surface area contributed by atoms with Crippen LogP contribution in [0.25, 0.3) is 0 Å².